The first kappa shape index (κ1) is 14.4. The summed E-state index contributed by atoms with van der Waals surface area (Å²) in [5, 5.41) is 14.5. The maximum atomic E-state index is 10.9. The van der Waals surface area contributed by atoms with Crippen LogP contribution in [0.2, 0.25) is 0 Å². The first-order chi connectivity index (χ1) is 11.2. The van der Waals surface area contributed by atoms with Gasteiger partial charge in [-0.25, -0.2) is 4.98 Å². The third kappa shape index (κ3) is 2.34. The van der Waals surface area contributed by atoms with E-state index < -0.39 is 5.97 Å². The van der Waals surface area contributed by atoms with Crippen molar-refractivity contribution in [2.45, 2.75) is 31.1 Å². The van der Waals surface area contributed by atoms with Gasteiger partial charge in [0.2, 0.25) is 0 Å². The molecule has 116 valence electrons. The van der Waals surface area contributed by atoms with Gasteiger partial charge in [0.1, 0.15) is 5.01 Å². The van der Waals surface area contributed by atoms with Crippen molar-refractivity contribution in [3.8, 4) is 0 Å². The second kappa shape index (κ2) is 5.46. The van der Waals surface area contributed by atoms with E-state index in [-0.39, 0.29) is 11.8 Å². The molecule has 1 N–H and O–H groups in total. The van der Waals surface area contributed by atoms with Crippen LogP contribution in [0.1, 0.15) is 35.5 Å². The Bertz CT molecular complexity index is 874. The Kier molecular flexibility index (Phi) is 3.42. The van der Waals surface area contributed by atoms with Crippen LogP contribution in [0, 0.1) is 0 Å². The van der Waals surface area contributed by atoms with Gasteiger partial charge in [-0.3, -0.25) is 4.79 Å². The highest BCUT2D eigenvalue weighted by Gasteiger charge is 2.43. The number of hydrogen-bond acceptors (Lipinski definition) is 3. The number of carboxylic acids is 1. The van der Waals surface area contributed by atoms with Gasteiger partial charge in [0.25, 0.3) is 0 Å². The van der Waals surface area contributed by atoms with Crippen LogP contribution in [0.4, 0.5) is 0 Å². The summed E-state index contributed by atoms with van der Waals surface area (Å²) in [6, 6.07) is 14.9. The summed E-state index contributed by atoms with van der Waals surface area (Å²) in [7, 11) is 0. The lowest BCUT2D eigenvalue weighted by atomic mass is 9.64. The molecule has 0 spiro atoms. The lowest BCUT2D eigenvalue weighted by Gasteiger charge is -2.41. The number of aromatic nitrogens is 1. The Hall–Kier alpha value is -2.20. The van der Waals surface area contributed by atoms with E-state index in [2.05, 4.69) is 47.4 Å². The Labute approximate surface area is 138 Å². The van der Waals surface area contributed by atoms with E-state index in [1.54, 1.807) is 11.3 Å². The zero-order chi connectivity index (χ0) is 15.9. The molecule has 1 aliphatic carbocycles. The van der Waals surface area contributed by atoms with E-state index in [4.69, 9.17) is 5.11 Å². The number of nitrogens with zero attached hydrogens (tertiary/aromatic N) is 1. The molecule has 0 atom stereocenters. The monoisotopic (exact) mass is 323 g/mol. The van der Waals surface area contributed by atoms with Crippen molar-refractivity contribution in [1.29, 1.82) is 0 Å². The number of aliphatic carboxylic acids is 1. The molecule has 0 unspecified atom stereocenters. The lowest BCUT2D eigenvalue weighted by Crippen LogP contribution is -2.35. The highest BCUT2D eigenvalue weighted by Crippen LogP contribution is 2.51. The van der Waals surface area contributed by atoms with E-state index in [0.29, 0.717) is 5.69 Å². The quantitative estimate of drug-likeness (QED) is 0.774. The molecular formula is C19H17NO2S. The zero-order valence-electron chi connectivity index (χ0n) is 12.7. The van der Waals surface area contributed by atoms with E-state index in [0.717, 1.165) is 17.8 Å². The maximum absolute atomic E-state index is 10.9. The summed E-state index contributed by atoms with van der Waals surface area (Å²) < 4.78 is 0. The molecule has 1 saturated carbocycles. The molecule has 4 rings (SSSR count). The van der Waals surface area contributed by atoms with Crippen molar-refractivity contribution in [2.75, 3.05) is 0 Å². The molecule has 2 aromatic carbocycles. The van der Waals surface area contributed by atoms with Gasteiger partial charge in [-0.05, 0) is 29.2 Å². The fourth-order valence-electron chi connectivity index (χ4n) is 3.53. The lowest BCUT2D eigenvalue weighted by molar-refractivity contribution is -0.136. The van der Waals surface area contributed by atoms with Crippen LogP contribution >= 0.6 is 11.3 Å². The number of carbonyl (C=O) groups is 1. The molecule has 0 radical (unpaired) electrons. The Morgan fingerprint density at radius 1 is 1.17 bits per heavy atom. The highest BCUT2D eigenvalue weighted by molar-refractivity contribution is 7.09. The van der Waals surface area contributed by atoms with Crippen LogP contribution in [0.5, 0.6) is 0 Å². The summed E-state index contributed by atoms with van der Waals surface area (Å²) >= 11 is 1.60. The number of rotatable bonds is 4. The average molecular weight is 323 g/mol. The molecule has 1 fully saturated rings. The fourth-order valence-corrected chi connectivity index (χ4v) is 4.63. The summed E-state index contributed by atoms with van der Waals surface area (Å²) in [5.74, 6) is -0.824. The van der Waals surface area contributed by atoms with Gasteiger partial charge in [-0.2, -0.15) is 0 Å². The SMILES string of the molecule is O=C(O)Cc1csc(C2(c3cccc4ccccc34)CCC2)n1. The molecule has 0 saturated heterocycles. The van der Waals surface area contributed by atoms with Crippen LogP contribution < -0.4 is 0 Å². The second-order valence-electron chi connectivity index (χ2n) is 6.18. The molecule has 1 aromatic heterocycles. The van der Waals surface area contributed by atoms with Crippen LogP contribution in [-0.2, 0) is 16.6 Å². The van der Waals surface area contributed by atoms with E-state index in [9.17, 15) is 4.79 Å². The van der Waals surface area contributed by atoms with Crippen LogP contribution in [0.25, 0.3) is 10.8 Å². The van der Waals surface area contributed by atoms with Crippen LogP contribution in [0.15, 0.2) is 47.8 Å². The predicted molar refractivity (Wildman–Crippen MR) is 92.0 cm³/mol. The van der Waals surface area contributed by atoms with Gasteiger partial charge in [0.15, 0.2) is 0 Å². The first-order valence-electron chi connectivity index (χ1n) is 7.84. The predicted octanol–water partition coefficient (Wildman–Crippen LogP) is 4.39. The highest BCUT2D eigenvalue weighted by atomic mass is 32.1. The molecule has 0 amide bonds. The normalized spacial score (nSPS) is 16.2. The third-order valence-corrected chi connectivity index (χ3v) is 5.90. The summed E-state index contributed by atoms with van der Waals surface area (Å²) in [4.78, 5) is 15.6. The Morgan fingerprint density at radius 3 is 2.70 bits per heavy atom. The molecule has 3 aromatic rings. The minimum atomic E-state index is -0.824. The van der Waals surface area contributed by atoms with E-state index in [1.165, 1.54) is 22.8 Å². The standard InChI is InChI=1S/C19H17NO2S/c21-17(22)11-14-12-23-18(20-14)19(9-4-10-19)16-8-3-6-13-5-1-2-7-15(13)16/h1-3,5-8,12H,4,9-11H2,(H,21,22). The fraction of sp³-hybridized carbons (Fsp3) is 0.263. The van der Waals surface area contributed by atoms with Crippen LogP contribution in [-0.4, -0.2) is 16.1 Å². The van der Waals surface area contributed by atoms with Crippen molar-refractivity contribution in [2.24, 2.45) is 0 Å². The van der Waals surface area contributed by atoms with Crippen LogP contribution in [0.3, 0.4) is 0 Å². The molecule has 23 heavy (non-hydrogen) atoms. The van der Waals surface area contributed by atoms with Crippen molar-refractivity contribution in [3.05, 3.63) is 64.1 Å². The van der Waals surface area contributed by atoms with Crippen molar-refractivity contribution in [1.82, 2.24) is 4.98 Å². The molecule has 1 aliphatic rings. The smallest absolute Gasteiger partial charge is 0.309 e. The topological polar surface area (TPSA) is 50.2 Å². The molecule has 4 heteroatoms. The second-order valence-corrected chi connectivity index (χ2v) is 7.03. The number of benzene rings is 2. The summed E-state index contributed by atoms with van der Waals surface area (Å²) in [6.07, 6.45) is 3.36. The molecule has 0 bridgehead atoms. The Balaban J connectivity index is 1.83. The van der Waals surface area contributed by atoms with Crippen molar-refractivity contribution < 1.29 is 9.90 Å². The number of carboxylic acid groups (broad SMARTS) is 1. The largest absolute Gasteiger partial charge is 0.481 e. The third-order valence-electron chi connectivity index (χ3n) is 4.81. The molecular weight excluding hydrogens is 306 g/mol. The maximum Gasteiger partial charge on any atom is 0.309 e. The van der Waals surface area contributed by atoms with Crippen molar-refractivity contribution >= 4 is 28.1 Å². The number of thiazole rings is 1. The number of hydrogen-bond donors (Lipinski definition) is 1. The van der Waals surface area contributed by atoms with Gasteiger partial charge in [0.05, 0.1) is 12.1 Å². The Morgan fingerprint density at radius 2 is 1.96 bits per heavy atom. The minimum Gasteiger partial charge on any atom is -0.481 e. The minimum absolute atomic E-state index is 0.00210. The van der Waals surface area contributed by atoms with Gasteiger partial charge in [-0.1, -0.05) is 48.9 Å². The summed E-state index contributed by atoms with van der Waals surface area (Å²) in [6.45, 7) is 0. The average Bonchev–Trinajstić information content (AvgIpc) is 2.94. The zero-order valence-corrected chi connectivity index (χ0v) is 13.5. The van der Waals surface area contributed by atoms with Gasteiger partial charge in [-0.15, -0.1) is 11.3 Å². The van der Waals surface area contributed by atoms with E-state index in [1.807, 2.05) is 5.38 Å². The summed E-state index contributed by atoms with van der Waals surface area (Å²) in [5.41, 5.74) is 1.96. The molecule has 3 nitrogen and oxygen atoms in total. The molecule has 0 aliphatic heterocycles. The number of fused-ring (bicyclic) bond motifs is 1. The van der Waals surface area contributed by atoms with Gasteiger partial charge >= 0.3 is 5.97 Å². The van der Waals surface area contributed by atoms with Gasteiger partial charge < -0.3 is 5.11 Å². The first-order valence-corrected chi connectivity index (χ1v) is 8.72. The van der Waals surface area contributed by atoms with E-state index >= 15 is 0 Å². The molecule has 1 heterocycles. The van der Waals surface area contributed by atoms with Gasteiger partial charge in [0, 0.05) is 10.8 Å². The van der Waals surface area contributed by atoms with Crippen molar-refractivity contribution in [3.63, 3.8) is 0 Å².